The van der Waals surface area contributed by atoms with Gasteiger partial charge < -0.3 is 4.90 Å². The first-order valence-corrected chi connectivity index (χ1v) is 8.04. The van der Waals surface area contributed by atoms with Gasteiger partial charge in [-0.3, -0.25) is 9.69 Å². The molecule has 1 aliphatic heterocycles. The summed E-state index contributed by atoms with van der Waals surface area (Å²) in [6.45, 7) is 0.149. The number of amides is 3. The first kappa shape index (κ1) is 12.0. The molecular formula is C11H16N2O4S. The molecule has 3 amide bonds. The number of rotatable bonds is 4. The van der Waals surface area contributed by atoms with Crippen molar-refractivity contribution < 1.29 is 18.0 Å². The van der Waals surface area contributed by atoms with Crippen LogP contribution in [0.4, 0.5) is 4.79 Å². The van der Waals surface area contributed by atoms with E-state index in [9.17, 15) is 18.0 Å². The van der Waals surface area contributed by atoms with Crippen molar-refractivity contribution in [3.05, 3.63) is 0 Å². The Bertz CT molecular complexity index is 519. The Morgan fingerprint density at radius 3 is 2.33 bits per heavy atom. The fourth-order valence-corrected chi connectivity index (χ4v) is 3.67. The highest BCUT2D eigenvalue weighted by molar-refractivity contribution is 7.92. The Hall–Kier alpha value is -1.11. The third-order valence-corrected chi connectivity index (χ3v) is 6.22. The average Bonchev–Trinajstić information content (AvgIpc) is 3.12. The second kappa shape index (κ2) is 3.46. The smallest absolute Gasteiger partial charge is 0.312 e. The van der Waals surface area contributed by atoms with Crippen LogP contribution in [-0.4, -0.2) is 60.3 Å². The molecule has 0 aromatic heterocycles. The van der Waals surface area contributed by atoms with Crippen LogP contribution in [-0.2, 0) is 14.6 Å². The molecule has 3 fully saturated rings. The maximum atomic E-state index is 12.1. The minimum Gasteiger partial charge on any atom is -0.312 e. The molecule has 100 valence electrons. The molecule has 1 heterocycles. The SMILES string of the molecule is CS(=O)(=O)C1(CN2C(=O)CN(C3CC3)C2=O)CC1. The molecule has 0 N–H and O–H groups in total. The Labute approximate surface area is 106 Å². The van der Waals surface area contributed by atoms with E-state index in [0.717, 1.165) is 17.7 Å². The fraction of sp³-hybridized carbons (Fsp3) is 0.818. The minimum absolute atomic E-state index is 0.0344. The molecule has 7 heteroatoms. The largest absolute Gasteiger partial charge is 0.327 e. The Morgan fingerprint density at radius 2 is 1.89 bits per heavy atom. The number of hydrogen-bond acceptors (Lipinski definition) is 4. The predicted molar refractivity (Wildman–Crippen MR) is 63.6 cm³/mol. The monoisotopic (exact) mass is 272 g/mol. The predicted octanol–water partition coefficient (Wildman–Crippen LogP) is -0.00980. The third-order valence-electron chi connectivity index (χ3n) is 4.11. The van der Waals surface area contributed by atoms with E-state index in [2.05, 4.69) is 0 Å². The number of carbonyl (C=O) groups is 2. The lowest BCUT2D eigenvalue weighted by atomic mass is 10.4. The summed E-state index contributed by atoms with van der Waals surface area (Å²) < 4.78 is 22.5. The second-order valence-corrected chi connectivity index (χ2v) is 7.99. The molecule has 18 heavy (non-hydrogen) atoms. The summed E-state index contributed by atoms with van der Waals surface area (Å²) >= 11 is 0. The summed E-state index contributed by atoms with van der Waals surface area (Å²) in [6.07, 6.45) is 4.18. The summed E-state index contributed by atoms with van der Waals surface area (Å²) in [7, 11) is -3.21. The van der Waals surface area contributed by atoms with Gasteiger partial charge in [0.25, 0.3) is 0 Å². The van der Waals surface area contributed by atoms with Crippen molar-refractivity contribution in [3.8, 4) is 0 Å². The molecule has 0 bridgehead atoms. The molecule has 0 atom stereocenters. The van der Waals surface area contributed by atoms with E-state index in [1.165, 1.54) is 6.26 Å². The quantitative estimate of drug-likeness (QED) is 0.675. The molecule has 2 saturated carbocycles. The van der Waals surface area contributed by atoms with Gasteiger partial charge in [-0.05, 0) is 25.7 Å². The van der Waals surface area contributed by atoms with Crippen LogP contribution in [0, 0.1) is 0 Å². The summed E-state index contributed by atoms with van der Waals surface area (Å²) in [6, 6.07) is -0.114. The standard InChI is InChI=1S/C11H16N2O4S/c1-18(16,17)11(4-5-11)7-13-9(14)6-12(10(13)15)8-2-3-8/h8H,2-7H2,1H3. The van der Waals surface area contributed by atoms with Crippen LogP contribution >= 0.6 is 0 Å². The normalized spacial score (nSPS) is 26.9. The summed E-state index contributed by atoms with van der Waals surface area (Å²) in [5, 5.41) is 0. The number of sulfone groups is 1. The zero-order valence-electron chi connectivity index (χ0n) is 10.3. The van der Waals surface area contributed by atoms with E-state index < -0.39 is 14.6 Å². The van der Waals surface area contributed by atoms with E-state index in [4.69, 9.17) is 0 Å². The van der Waals surface area contributed by atoms with Gasteiger partial charge in [-0.25, -0.2) is 13.2 Å². The lowest BCUT2D eigenvalue weighted by Gasteiger charge is -2.21. The van der Waals surface area contributed by atoms with Crippen molar-refractivity contribution in [1.29, 1.82) is 0 Å². The van der Waals surface area contributed by atoms with E-state index in [0.29, 0.717) is 12.8 Å². The van der Waals surface area contributed by atoms with E-state index in [1.807, 2.05) is 0 Å². The molecule has 0 aromatic rings. The van der Waals surface area contributed by atoms with Crippen molar-refractivity contribution in [2.75, 3.05) is 19.3 Å². The van der Waals surface area contributed by atoms with Crippen LogP contribution in [0.15, 0.2) is 0 Å². The molecule has 0 radical (unpaired) electrons. The van der Waals surface area contributed by atoms with Gasteiger partial charge in [0.2, 0.25) is 5.91 Å². The highest BCUT2D eigenvalue weighted by Crippen LogP contribution is 2.44. The van der Waals surface area contributed by atoms with Crippen LogP contribution in [0.5, 0.6) is 0 Å². The van der Waals surface area contributed by atoms with Gasteiger partial charge in [-0.1, -0.05) is 0 Å². The van der Waals surface area contributed by atoms with Gasteiger partial charge in [0.1, 0.15) is 6.54 Å². The highest BCUT2D eigenvalue weighted by atomic mass is 32.2. The molecule has 0 aromatic carbocycles. The first-order valence-electron chi connectivity index (χ1n) is 6.15. The van der Waals surface area contributed by atoms with E-state index >= 15 is 0 Å². The van der Waals surface area contributed by atoms with Crippen LogP contribution in [0.25, 0.3) is 0 Å². The van der Waals surface area contributed by atoms with Gasteiger partial charge in [0, 0.05) is 12.3 Å². The first-order chi connectivity index (χ1) is 8.34. The molecule has 3 aliphatic rings. The van der Waals surface area contributed by atoms with E-state index in [1.54, 1.807) is 4.90 Å². The van der Waals surface area contributed by atoms with Crippen molar-refractivity contribution in [1.82, 2.24) is 9.80 Å². The van der Waals surface area contributed by atoms with Gasteiger partial charge in [0.15, 0.2) is 9.84 Å². The van der Waals surface area contributed by atoms with Crippen LogP contribution in [0.3, 0.4) is 0 Å². The van der Waals surface area contributed by atoms with Crippen molar-refractivity contribution in [2.45, 2.75) is 36.5 Å². The van der Waals surface area contributed by atoms with Crippen molar-refractivity contribution >= 4 is 21.8 Å². The number of urea groups is 1. The lowest BCUT2D eigenvalue weighted by molar-refractivity contribution is -0.125. The lowest BCUT2D eigenvalue weighted by Crippen LogP contribution is -2.42. The second-order valence-electron chi connectivity index (χ2n) is 5.58. The average molecular weight is 272 g/mol. The number of carbonyl (C=O) groups excluding carboxylic acids is 2. The molecule has 0 spiro atoms. The topological polar surface area (TPSA) is 74.8 Å². The van der Waals surface area contributed by atoms with Crippen molar-refractivity contribution in [2.24, 2.45) is 0 Å². The summed E-state index contributed by atoms with van der Waals surface area (Å²) in [5.41, 5.74) is 0. The van der Waals surface area contributed by atoms with Crippen LogP contribution in [0.1, 0.15) is 25.7 Å². The van der Waals surface area contributed by atoms with Crippen molar-refractivity contribution in [3.63, 3.8) is 0 Å². The molecular weight excluding hydrogens is 256 g/mol. The minimum atomic E-state index is -3.21. The summed E-state index contributed by atoms with van der Waals surface area (Å²) in [4.78, 5) is 26.6. The van der Waals surface area contributed by atoms with Gasteiger partial charge in [0.05, 0.1) is 11.3 Å². The Morgan fingerprint density at radius 1 is 1.28 bits per heavy atom. The molecule has 3 rings (SSSR count). The number of nitrogens with zero attached hydrogens (tertiary/aromatic N) is 2. The van der Waals surface area contributed by atoms with Crippen LogP contribution < -0.4 is 0 Å². The van der Waals surface area contributed by atoms with Gasteiger partial charge >= 0.3 is 6.03 Å². The maximum absolute atomic E-state index is 12.1. The van der Waals surface area contributed by atoms with Gasteiger partial charge in [-0.2, -0.15) is 0 Å². The highest BCUT2D eigenvalue weighted by Gasteiger charge is 2.56. The number of imide groups is 1. The third kappa shape index (κ3) is 1.72. The molecule has 6 nitrogen and oxygen atoms in total. The Kier molecular flexibility index (Phi) is 2.30. The summed E-state index contributed by atoms with van der Waals surface area (Å²) in [5.74, 6) is -0.262. The maximum Gasteiger partial charge on any atom is 0.327 e. The molecule has 0 unspecified atom stereocenters. The van der Waals surface area contributed by atoms with Gasteiger partial charge in [-0.15, -0.1) is 0 Å². The van der Waals surface area contributed by atoms with Crippen LogP contribution in [0.2, 0.25) is 0 Å². The van der Waals surface area contributed by atoms with E-state index in [-0.39, 0.29) is 31.1 Å². The zero-order valence-corrected chi connectivity index (χ0v) is 11.1. The number of hydrogen-bond donors (Lipinski definition) is 0. The zero-order chi connectivity index (χ0) is 13.1. The fourth-order valence-electron chi connectivity index (χ4n) is 2.46. The molecule has 1 saturated heterocycles. The molecule has 2 aliphatic carbocycles. The Balaban J connectivity index is 1.77.